The Morgan fingerprint density at radius 2 is 1.97 bits per heavy atom. The second-order valence-corrected chi connectivity index (χ2v) is 11.8. The van der Waals surface area contributed by atoms with Gasteiger partial charge in [-0.2, -0.15) is 0 Å². The maximum Gasteiger partial charge on any atom is 0.263 e. The lowest BCUT2D eigenvalue weighted by Gasteiger charge is -2.41. The zero-order valence-electron chi connectivity index (χ0n) is 18.9. The summed E-state index contributed by atoms with van der Waals surface area (Å²) < 4.78 is 28.7. The van der Waals surface area contributed by atoms with E-state index in [0.717, 1.165) is 29.4 Å². The van der Waals surface area contributed by atoms with Gasteiger partial charge in [0, 0.05) is 37.1 Å². The van der Waals surface area contributed by atoms with Crippen molar-refractivity contribution < 1.29 is 13.2 Å². The number of amidine groups is 1. The number of benzene rings is 2. The van der Waals surface area contributed by atoms with Gasteiger partial charge in [-0.3, -0.25) is 9.52 Å². The van der Waals surface area contributed by atoms with Gasteiger partial charge in [0.15, 0.2) is 5.17 Å². The van der Waals surface area contributed by atoms with Gasteiger partial charge in [0.2, 0.25) is 0 Å². The average Bonchev–Trinajstić information content (AvgIpc) is 2.79. The molecule has 1 fully saturated rings. The Hall–Kier alpha value is -2.20. The smallest absolute Gasteiger partial charge is 0.263 e. The Bertz CT molecular complexity index is 1310. The van der Waals surface area contributed by atoms with Crippen molar-refractivity contribution in [2.45, 2.75) is 24.3 Å². The van der Waals surface area contributed by atoms with Crippen LogP contribution >= 0.6 is 35.0 Å². The molecule has 34 heavy (non-hydrogen) atoms. The molecule has 11 heteroatoms. The van der Waals surface area contributed by atoms with Crippen LogP contribution in [0, 0.1) is 0 Å². The minimum Gasteiger partial charge on any atom is -0.345 e. The van der Waals surface area contributed by atoms with E-state index in [1.165, 1.54) is 23.1 Å². The van der Waals surface area contributed by atoms with Crippen LogP contribution in [-0.4, -0.2) is 55.7 Å². The van der Waals surface area contributed by atoms with Gasteiger partial charge in [-0.25, -0.2) is 13.4 Å². The highest BCUT2D eigenvalue weighted by atomic mass is 35.5. The van der Waals surface area contributed by atoms with Crippen molar-refractivity contribution in [2.24, 2.45) is 4.99 Å². The van der Waals surface area contributed by atoms with Gasteiger partial charge in [-0.05, 0) is 49.2 Å². The Morgan fingerprint density at radius 1 is 1.21 bits per heavy atom. The quantitative estimate of drug-likeness (QED) is 0.578. The fraction of sp³-hybridized carbons (Fsp3) is 0.304. The molecule has 7 nitrogen and oxygen atoms in total. The third-order valence-corrected chi connectivity index (χ3v) is 8.71. The summed E-state index contributed by atoms with van der Waals surface area (Å²) in [5.41, 5.74) is 2.39. The summed E-state index contributed by atoms with van der Waals surface area (Å²) >= 11 is 13.8. The molecule has 0 aliphatic carbocycles. The van der Waals surface area contributed by atoms with Gasteiger partial charge < -0.3 is 9.80 Å². The Kier molecular flexibility index (Phi) is 7.19. The summed E-state index contributed by atoms with van der Waals surface area (Å²) in [5, 5.41) is 1.22. The molecule has 1 atom stereocenters. The van der Waals surface area contributed by atoms with Crippen LogP contribution in [0.15, 0.2) is 63.6 Å². The number of nitrogens with one attached hydrogen (secondary N) is 1. The Balaban J connectivity index is 1.75. The number of hydrogen-bond acceptors (Lipinski definition) is 6. The van der Waals surface area contributed by atoms with Crippen molar-refractivity contribution in [1.29, 1.82) is 0 Å². The largest absolute Gasteiger partial charge is 0.345 e. The molecule has 2 aliphatic heterocycles. The Labute approximate surface area is 213 Å². The van der Waals surface area contributed by atoms with Crippen molar-refractivity contribution in [3.05, 3.63) is 69.3 Å². The number of hydrogen-bond donors (Lipinski definition) is 1. The standard InChI is InChI=1S/C23H24Cl2N4O3S2/c1-14-20(22(30)28(2)3)21(29-10-5-11-33-23(29)26-14)15-6-4-7-17(12-15)27-34(31,32)19-13-16(24)8-9-18(19)25/h4,6-9,12-13,21,27H,5,10-11H2,1-3H3. The van der Waals surface area contributed by atoms with Gasteiger partial charge in [0.1, 0.15) is 4.90 Å². The van der Waals surface area contributed by atoms with Crippen LogP contribution in [-0.2, 0) is 14.8 Å². The molecule has 1 N–H and O–H groups in total. The van der Waals surface area contributed by atoms with Crippen LogP contribution in [0.3, 0.4) is 0 Å². The number of carbonyl (C=O) groups is 1. The molecule has 0 bridgehead atoms. The van der Waals surface area contributed by atoms with Gasteiger partial charge in [-0.1, -0.05) is 47.1 Å². The first kappa shape index (κ1) is 24.9. The van der Waals surface area contributed by atoms with E-state index in [1.54, 1.807) is 44.1 Å². The fourth-order valence-electron chi connectivity index (χ4n) is 4.00. The van der Waals surface area contributed by atoms with Crippen LogP contribution in [0.4, 0.5) is 5.69 Å². The molecule has 1 unspecified atom stereocenters. The third-order valence-electron chi connectivity index (χ3n) is 5.53. The van der Waals surface area contributed by atoms with Crippen molar-refractivity contribution in [1.82, 2.24) is 9.80 Å². The van der Waals surface area contributed by atoms with Crippen LogP contribution in [0.5, 0.6) is 0 Å². The molecule has 0 aromatic heterocycles. The maximum atomic E-state index is 13.2. The fourth-order valence-corrected chi connectivity index (χ4v) is 6.83. The highest BCUT2D eigenvalue weighted by Crippen LogP contribution is 2.40. The van der Waals surface area contributed by atoms with Crippen LogP contribution in [0.25, 0.3) is 0 Å². The molecule has 2 aliphatic rings. The van der Waals surface area contributed by atoms with Crippen molar-refractivity contribution >= 4 is 61.7 Å². The molecule has 0 radical (unpaired) electrons. The number of likely N-dealkylation sites (N-methyl/N-ethyl adjacent to an activating group) is 1. The van der Waals surface area contributed by atoms with Crippen molar-refractivity contribution in [3.8, 4) is 0 Å². The second-order valence-electron chi connectivity index (χ2n) is 8.20. The van der Waals surface area contributed by atoms with Crippen LogP contribution in [0.2, 0.25) is 10.0 Å². The summed E-state index contributed by atoms with van der Waals surface area (Å²) in [7, 11) is -0.564. The number of sulfonamides is 1. The number of carbonyl (C=O) groups excluding carboxylic acids is 1. The van der Waals surface area contributed by atoms with E-state index in [4.69, 9.17) is 28.2 Å². The normalized spacial score (nSPS) is 18.3. The molecular weight excluding hydrogens is 515 g/mol. The first-order chi connectivity index (χ1) is 16.1. The minimum atomic E-state index is -3.99. The highest BCUT2D eigenvalue weighted by molar-refractivity contribution is 8.13. The van der Waals surface area contributed by atoms with Gasteiger partial charge in [-0.15, -0.1) is 0 Å². The minimum absolute atomic E-state index is 0.0731. The lowest BCUT2D eigenvalue weighted by atomic mass is 9.93. The average molecular weight is 540 g/mol. The van der Waals surface area contributed by atoms with Crippen LogP contribution < -0.4 is 4.72 Å². The first-order valence-electron chi connectivity index (χ1n) is 10.6. The van der Waals surface area contributed by atoms with E-state index < -0.39 is 10.0 Å². The number of fused-ring (bicyclic) bond motifs is 1. The number of nitrogens with zero attached hydrogens (tertiary/aromatic N) is 3. The van der Waals surface area contributed by atoms with Gasteiger partial charge >= 0.3 is 0 Å². The third kappa shape index (κ3) is 4.93. The highest BCUT2D eigenvalue weighted by Gasteiger charge is 2.37. The summed E-state index contributed by atoms with van der Waals surface area (Å²) in [4.78, 5) is 21.4. The number of thioether (sulfide) groups is 1. The zero-order chi connectivity index (χ0) is 24.6. The number of halogens is 2. The van der Waals surface area contributed by atoms with E-state index in [-0.39, 0.29) is 26.9 Å². The number of allylic oxidation sites excluding steroid dienone is 1. The van der Waals surface area contributed by atoms with Crippen LogP contribution in [0.1, 0.15) is 24.9 Å². The summed E-state index contributed by atoms with van der Waals surface area (Å²) in [6.45, 7) is 2.60. The topological polar surface area (TPSA) is 82.1 Å². The van der Waals surface area contributed by atoms with E-state index in [0.29, 0.717) is 17.0 Å². The molecule has 2 heterocycles. The van der Waals surface area contributed by atoms with E-state index in [2.05, 4.69) is 9.62 Å². The molecule has 0 saturated carbocycles. The number of rotatable bonds is 5. The maximum absolute atomic E-state index is 13.2. The molecule has 2 aromatic carbocycles. The predicted octanol–water partition coefficient (Wildman–Crippen LogP) is 5.01. The van der Waals surface area contributed by atoms with Gasteiger partial charge in [0.05, 0.1) is 22.3 Å². The SMILES string of the molecule is CC1=C(C(=O)N(C)C)C(c2cccc(NS(=O)(=O)c3cc(Cl)ccc3Cl)c2)N2CCCSC2=N1. The molecular formula is C23H24Cl2N4O3S2. The summed E-state index contributed by atoms with van der Waals surface area (Å²) in [6, 6.07) is 11.0. The predicted molar refractivity (Wildman–Crippen MR) is 139 cm³/mol. The number of amides is 1. The second kappa shape index (κ2) is 9.81. The van der Waals surface area contributed by atoms with E-state index >= 15 is 0 Å². The van der Waals surface area contributed by atoms with E-state index in [1.807, 2.05) is 13.0 Å². The molecule has 2 aromatic rings. The number of anilines is 1. The monoisotopic (exact) mass is 538 g/mol. The molecule has 180 valence electrons. The lowest BCUT2D eigenvalue weighted by Crippen LogP contribution is -2.43. The molecule has 1 amide bonds. The summed E-state index contributed by atoms with van der Waals surface area (Å²) in [6.07, 6.45) is 0.961. The van der Waals surface area contributed by atoms with E-state index in [9.17, 15) is 13.2 Å². The molecule has 1 saturated heterocycles. The van der Waals surface area contributed by atoms with Crippen molar-refractivity contribution in [2.75, 3.05) is 31.1 Å². The number of aliphatic imine (C=N–C) groups is 1. The molecule has 4 rings (SSSR count). The summed E-state index contributed by atoms with van der Waals surface area (Å²) in [5.74, 6) is 0.838. The van der Waals surface area contributed by atoms with Crippen molar-refractivity contribution in [3.63, 3.8) is 0 Å². The molecule has 0 spiro atoms. The Morgan fingerprint density at radius 3 is 2.71 bits per heavy atom. The lowest BCUT2D eigenvalue weighted by molar-refractivity contribution is -0.125. The first-order valence-corrected chi connectivity index (χ1v) is 13.8. The van der Waals surface area contributed by atoms with Gasteiger partial charge in [0.25, 0.3) is 15.9 Å². The zero-order valence-corrected chi connectivity index (χ0v) is 22.0.